The third kappa shape index (κ3) is 4.73. The van der Waals surface area contributed by atoms with E-state index in [-0.39, 0.29) is 6.04 Å². The molecule has 4 aliphatic rings. The van der Waals surface area contributed by atoms with Gasteiger partial charge in [-0.05, 0) is 105 Å². The maximum Gasteiger partial charge on any atom is 0.275 e. The highest BCUT2D eigenvalue weighted by Crippen LogP contribution is 2.38. The van der Waals surface area contributed by atoms with Gasteiger partial charge < -0.3 is 10.4 Å². The Morgan fingerprint density at radius 3 is 2.44 bits per heavy atom. The molecular weight excluding hydrogens is 442 g/mol. The van der Waals surface area contributed by atoms with Gasteiger partial charge in [0, 0.05) is 17.8 Å². The average Bonchev–Trinajstić information content (AvgIpc) is 3.52. The zero-order valence-electron chi connectivity index (χ0n) is 18.5. The molecule has 0 spiro atoms. The van der Waals surface area contributed by atoms with Crippen LogP contribution in [0.15, 0.2) is 21.9 Å². The fraction of sp³-hybridized carbons (Fsp3) is 0.625. The summed E-state index contributed by atoms with van der Waals surface area (Å²) in [5.41, 5.74) is 5.78. The monoisotopic (exact) mass is 474 g/mol. The SMILES string of the molecule is O=S(=O)(/C=C/[C@H]1CCCN1C1CCSCC1)/N=C(\[O-])Nc1c2c(cc3c1CCC3)CCC2. The molecule has 1 aromatic carbocycles. The molecule has 5 rings (SSSR count). The summed E-state index contributed by atoms with van der Waals surface area (Å²) in [5.74, 6) is 2.36. The standard InChI is InChI=1S/C24H33N3O3S2/c28-24(25-23-21-7-1-4-17(21)16-18-5-2-8-22(18)23)26-32(29,30)15-11-19-6-3-12-27(19)20-9-13-31-14-10-20/h11,15-16,19-20H,1-10,12-14H2,(H2,25,26,28)/p-1/b15-11+/t19-/m1/s1. The smallest absolute Gasteiger partial charge is 0.275 e. The zero-order chi connectivity index (χ0) is 22.1. The van der Waals surface area contributed by atoms with Crippen LogP contribution < -0.4 is 10.4 Å². The van der Waals surface area contributed by atoms with E-state index in [0.29, 0.717) is 6.04 Å². The number of hydrogen-bond acceptors (Lipinski definition) is 5. The fourth-order valence-electron chi connectivity index (χ4n) is 5.92. The number of benzene rings is 1. The Hall–Kier alpha value is -1.51. The van der Waals surface area contributed by atoms with E-state index in [9.17, 15) is 13.5 Å². The van der Waals surface area contributed by atoms with Crippen molar-refractivity contribution in [3.63, 3.8) is 0 Å². The number of anilines is 1. The van der Waals surface area contributed by atoms with Crippen LogP contribution in [0, 0.1) is 0 Å². The molecule has 1 N–H and O–H groups in total. The molecule has 2 aliphatic heterocycles. The molecule has 0 unspecified atom stereocenters. The molecule has 2 aliphatic carbocycles. The Balaban J connectivity index is 1.31. The van der Waals surface area contributed by atoms with Crippen molar-refractivity contribution in [3.05, 3.63) is 39.8 Å². The molecule has 1 aromatic rings. The van der Waals surface area contributed by atoms with Gasteiger partial charge in [0.05, 0.1) is 11.4 Å². The van der Waals surface area contributed by atoms with E-state index in [1.54, 1.807) is 6.08 Å². The van der Waals surface area contributed by atoms with Crippen LogP contribution in [0.4, 0.5) is 5.69 Å². The Kier molecular flexibility index (Phi) is 6.54. The van der Waals surface area contributed by atoms with Crippen LogP contribution in [0.2, 0.25) is 0 Å². The Bertz CT molecular complexity index is 997. The van der Waals surface area contributed by atoms with Crippen molar-refractivity contribution in [1.29, 1.82) is 0 Å². The lowest BCUT2D eigenvalue weighted by Gasteiger charge is -2.34. The van der Waals surface area contributed by atoms with E-state index in [2.05, 4.69) is 20.7 Å². The molecule has 0 amide bonds. The van der Waals surface area contributed by atoms with Gasteiger partial charge in [-0.1, -0.05) is 12.1 Å². The van der Waals surface area contributed by atoms with Crippen molar-refractivity contribution >= 4 is 33.5 Å². The number of nitrogens with one attached hydrogen (secondary N) is 1. The van der Waals surface area contributed by atoms with Gasteiger partial charge in [-0.15, -0.1) is 0 Å². The lowest BCUT2D eigenvalue weighted by molar-refractivity contribution is -0.213. The van der Waals surface area contributed by atoms with Gasteiger partial charge in [0.2, 0.25) is 0 Å². The molecule has 0 bridgehead atoms. The topological polar surface area (TPSA) is 84.8 Å². The summed E-state index contributed by atoms with van der Waals surface area (Å²) >= 11 is 2.00. The first kappa shape index (κ1) is 22.3. The number of hydrogen-bond donors (Lipinski definition) is 1. The second-order valence-electron chi connectivity index (χ2n) is 9.39. The number of likely N-dealkylation sites (tertiary alicyclic amines) is 1. The molecule has 0 radical (unpaired) electrons. The summed E-state index contributed by atoms with van der Waals surface area (Å²) in [4.78, 5) is 2.45. The number of aryl methyl sites for hydroxylation is 2. The predicted molar refractivity (Wildman–Crippen MR) is 130 cm³/mol. The van der Waals surface area contributed by atoms with Crippen molar-refractivity contribution in [2.45, 2.75) is 76.3 Å². The molecule has 2 heterocycles. The van der Waals surface area contributed by atoms with Gasteiger partial charge in [-0.2, -0.15) is 24.6 Å². The normalized spacial score (nSPS) is 24.9. The van der Waals surface area contributed by atoms with E-state index in [1.165, 1.54) is 46.6 Å². The first-order valence-electron chi connectivity index (χ1n) is 12.0. The summed E-state index contributed by atoms with van der Waals surface area (Å²) < 4.78 is 28.8. The van der Waals surface area contributed by atoms with Crippen LogP contribution in [-0.4, -0.2) is 49.5 Å². The highest BCUT2D eigenvalue weighted by molar-refractivity contribution is 7.99. The summed E-state index contributed by atoms with van der Waals surface area (Å²) in [6, 6.07) is 2.17. The maximum atomic E-state index is 12.6. The van der Waals surface area contributed by atoms with Crippen molar-refractivity contribution in [2.75, 3.05) is 23.4 Å². The van der Waals surface area contributed by atoms with Gasteiger partial charge in [0.15, 0.2) is 0 Å². The van der Waals surface area contributed by atoms with Gasteiger partial charge in [-0.25, -0.2) is 0 Å². The number of amidine groups is 1. The maximum absolute atomic E-state index is 12.6. The molecule has 32 heavy (non-hydrogen) atoms. The van der Waals surface area contributed by atoms with Crippen LogP contribution in [0.25, 0.3) is 0 Å². The van der Waals surface area contributed by atoms with Crippen molar-refractivity contribution in [1.82, 2.24) is 4.90 Å². The predicted octanol–water partition coefficient (Wildman–Crippen LogP) is 3.00. The first-order chi connectivity index (χ1) is 15.5. The Morgan fingerprint density at radius 2 is 1.75 bits per heavy atom. The minimum absolute atomic E-state index is 0.122. The van der Waals surface area contributed by atoms with Crippen LogP contribution >= 0.6 is 11.8 Å². The molecule has 1 atom stereocenters. The Morgan fingerprint density at radius 1 is 1.06 bits per heavy atom. The van der Waals surface area contributed by atoms with Crippen LogP contribution in [0.3, 0.4) is 0 Å². The second-order valence-corrected chi connectivity index (χ2v) is 12.1. The van der Waals surface area contributed by atoms with Crippen LogP contribution in [-0.2, 0) is 35.7 Å². The summed E-state index contributed by atoms with van der Waals surface area (Å²) in [6.07, 6.45) is 12.2. The molecule has 6 nitrogen and oxygen atoms in total. The van der Waals surface area contributed by atoms with Gasteiger partial charge >= 0.3 is 0 Å². The third-order valence-corrected chi connectivity index (χ3v) is 9.36. The van der Waals surface area contributed by atoms with Crippen LogP contribution in [0.1, 0.15) is 60.8 Å². The quantitative estimate of drug-likeness (QED) is 0.522. The largest absolute Gasteiger partial charge is 0.845 e. The number of fused-ring (bicyclic) bond motifs is 2. The van der Waals surface area contributed by atoms with Gasteiger partial charge in [-0.3, -0.25) is 4.90 Å². The van der Waals surface area contributed by atoms with Gasteiger partial charge in [0.1, 0.15) is 0 Å². The minimum Gasteiger partial charge on any atom is -0.845 e. The van der Waals surface area contributed by atoms with Crippen LogP contribution in [0.5, 0.6) is 0 Å². The number of nitrogens with zero attached hydrogens (tertiary/aromatic N) is 2. The van der Waals surface area contributed by atoms with Crippen molar-refractivity contribution in [2.24, 2.45) is 4.40 Å². The third-order valence-electron chi connectivity index (χ3n) is 7.39. The molecule has 2 fully saturated rings. The lowest BCUT2D eigenvalue weighted by Crippen LogP contribution is -2.40. The number of rotatable bonds is 5. The minimum atomic E-state index is -3.97. The van der Waals surface area contributed by atoms with E-state index < -0.39 is 16.0 Å². The van der Waals surface area contributed by atoms with Crippen molar-refractivity contribution in [3.8, 4) is 0 Å². The van der Waals surface area contributed by atoms with E-state index in [0.717, 1.165) is 69.0 Å². The molecule has 8 heteroatoms. The molecular formula is C24H32N3O3S2-. The summed E-state index contributed by atoms with van der Waals surface area (Å²) in [5, 5.41) is 16.6. The van der Waals surface area contributed by atoms with Gasteiger partial charge in [0.25, 0.3) is 10.0 Å². The molecule has 0 aromatic heterocycles. The van der Waals surface area contributed by atoms with E-state index in [4.69, 9.17) is 0 Å². The number of sulfonamides is 1. The molecule has 2 saturated heterocycles. The zero-order valence-corrected chi connectivity index (χ0v) is 20.1. The van der Waals surface area contributed by atoms with E-state index >= 15 is 0 Å². The average molecular weight is 475 g/mol. The number of thioether (sulfide) groups is 1. The lowest BCUT2D eigenvalue weighted by atomic mass is 9.99. The molecule has 174 valence electrons. The highest BCUT2D eigenvalue weighted by atomic mass is 32.2. The summed E-state index contributed by atoms with van der Waals surface area (Å²) in [7, 11) is -3.97. The van der Waals surface area contributed by atoms with Crippen molar-refractivity contribution < 1.29 is 13.5 Å². The molecule has 0 saturated carbocycles. The first-order valence-corrected chi connectivity index (χ1v) is 14.6. The summed E-state index contributed by atoms with van der Waals surface area (Å²) in [6.45, 7) is 1.02. The second kappa shape index (κ2) is 9.39. The van der Waals surface area contributed by atoms with E-state index in [1.807, 2.05) is 11.8 Å². The highest BCUT2D eigenvalue weighted by Gasteiger charge is 2.30. The fourth-order valence-corrected chi connectivity index (χ4v) is 7.72. The Labute approximate surface area is 195 Å².